The van der Waals surface area contributed by atoms with Crippen molar-refractivity contribution in [2.75, 3.05) is 18.0 Å². The van der Waals surface area contributed by atoms with Crippen LogP contribution < -0.4 is 10.6 Å². The molecule has 82 valence electrons. The van der Waals surface area contributed by atoms with E-state index in [1.165, 1.54) is 37.2 Å². The SMILES string of the molecule is CC[C@@H](N)c1ccc(N2CCCC2)cc1. The third kappa shape index (κ3) is 2.32. The maximum absolute atomic E-state index is 5.98. The molecule has 1 aromatic rings. The lowest BCUT2D eigenvalue weighted by Gasteiger charge is -2.18. The van der Waals surface area contributed by atoms with Gasteiger partial charge in [0, 0.05) is 24.8 Å². The molecule has 1 saturated heterocycles. The standard InChI is InChI=1S/C13H20N2/c1-2-13(14)11-5-7-12(8-6-11)15-9-3-4-10-15/h5-8,13H,2-4,9-10,14H2,1H3/t13-/m1/s1. The Balaban J connectivity index is 2.09. The van der Waals surface area contributed by atoms with Crippen molar-refractivity contribution in [3.8, 4) is 0 Å². The molecule has 1 aliphatic heterocycles. The second-order valence-corrected chi connectivity index (χ2v) is 4.30. The van der Waals surface area contributed by atoms with Crippen molar-refractivity contribution in [1.82, 2.24) is 0 Å². The van der Waals surface area contributed by atoms with Crippen LogP contribution in [-0.2, 0) is 0 Å². The van der Waals surface area contributed by atoms with Gasteiger partial charge in [0.2, 0.25) is 0 Å². The van der Waals surface area contributed by atoms with Gasteiger partial charge < -0.3 is 10.6 Å². The molecule has 0 amide bonds. The van der Waals surface area contributed by atoms with E-state index in [4.69, 9.17) is 5.73 Å². The molecule has 0 radical (unpaired) electrons. The summed E-state index contributed by atoms with van der Waals surface area (Å²) in [5, 5.41) is 0. The van der Waals surface area contributed by atoms with E-state index in [0.29, 0.717) is 0 Å². The Bertz CT molecular complexity index is 299. The number of anilines is 1. The predicted molar refractivity (Wildman–Crippen MR) is 65.1 cm³/mol. The Morgan fingerprint density at radius 2 is 1.80 bits per heavy atom. The first-order valence-corrected chi connectivity index (χ1v) is 5.91. The summed E-state index contributed by atoms with van der Waals surface area (Å²) in [4.78, 5) is 2.45. The highest BCUT2D eigenvalue weighted by atomic mass is 15.1. The van der Waals surface area contributed by atoms with Crippen molar-refractivity contribution in [2.45, 2.75) is 32.2 Å². The Morgan fingerprint density at radius 3 is 2.33 bits per heavy atom. The van der Waals surface area contributed by atoms with Gasteiger partial charge in [-0.15, -0.1) is 0 Å². The molecule has 0 saturated carbocycles. The first-order valence-electron chi connectivity index (χ1n) is 5.91. The van der Waals surface area contributed by atoms with E-state index in [0.717, 1.165) is 6.42 Å². The largest absolute Gasteiger partial charge is 0.372 e. The molecule has 2 nitrogen and oxygen atoms in total. The van der Waals surface area contributed by atoms with Gasteiger partial charge in [-0.05, 0) is 37.0 Å². The lowest BCUT2D eigenvalue weighted by molar-refractivity contribution is 0.698. The van der Waals surface area contributed by atoms with E-state index in [2.05, 4.69) is 36.1 Å². The smallest absolute Gasteiger partial charge is 0.0366 e. The molecule has 1 fully saturated rings. The van der Waals surface area contributed by atoms with Crippen LogP contribution >= 0.6 is 0 Å². The summed E-state index contributed by atoms with van der Waals surface area (Å²) in [5.41, 5.74) is 8.58. The summed E-state index contributed by atoms with van der Waals surface area (Å²) in [6.45, 7) is 4.54. The molecule has 0 aromatic heterocycles. The highest BCUT2D eigenvalue weighted by Gasteiger charge is 2.12. The fourth-order valence-electron chi connectivity index (χ4n) is 2.14. The highest BCUT2D eigenvalue weighted by molar-refractivity contribution is 5.48. The molecule has 1 heterocycles. The van der Waals surface area contributed by atoms with Gasteiger partial charge >= 0.3 is 0 Å². The van der Waals surface area contributed by atoms with Crippen LogP contribution in [0.1, 0.15) is 37.8 Å². The maximum atomic E-state index is 5.98. The topological polar surface area (TPSA) is 29.3 Å². The lowest BCUT2D eigenvalue weighted by atomic mass is 10.1. The van der Waals surface area contributed by atoms with Crippen LogP contribution in [0.4, 0.5) is 5.69 Å². The zero-order chi connectivity index (χ0) is 10.7. The molecule has 2 N–H and O–H groups in total. The van der Waals surface area contributed by atoms with Crippen LogP contribution in [-0.4, -0.2) is 13.1 Å². The summed E-state index contributed by atoms with van der Waals surface area (Å²) < 4.78 is 0. The molecule has 0 spiro atoms. The second kappa shape index (κ2) is 4.67. The minimum absolute atomic E-state index is 0.192. The van der Waals surface area contributed by atoms with E-state index >= 15 is 0 Å². The van der Waals surface area contributed by atoms with E-state index in [1.54, 1.807) is 0 Å². The zero-order valence-corrected chi connectivity index (χ0v) is 9.45. The Hall–Kier alpha value is -1.02. The quantitative estimate of drug-likeness (QED) is 0.820. The molecular formula is C13H20N2. The van der Waals surface area contributed by atoms with Gasteiger partial charge in [0.15, 0.2) is 0 Å². The highest BCUT2D eigenvalue weighted by Crippen LogP contribution is 2.22. The minimum Gasteiger partial charge on any atom is -0.372 e. The van der Waals surface area contributed by atoms with Gasteiger partial charge in [-0.1, -0.05) is 19.1 Å². The van der Waals surface area contributed by atoms with E-state index in [9.17, 15) is 0 Å². The van der Waals surface area contributed by atoms with Gasteiger partial charge in [-0.25, -0.2) is 0 Å². The fraction of sp³-hybridized carbons (Fsp3) is 0.538. The molecule has 2 rings (SSSR count). The average molecular weight is 204 g/mol. The van der Waals surface area contributed by atoms with Gasteiger partial charge in [-0.2, -0.15) is 0 Å². The lowest BCUT2D eigenvalue weighted by Crippen LogP contribution is -2.17. The Labute approximate surface area is 92.1 Å². The summed E-state index contributed by atoms with van der Waals surface area (Å²) in [6, 6.07) is 8.94. The molecule has 1 aromatic carbocycles. The van der Waals surface area contributed by atoms with Crippen LogP contribution in [0.3, 0.4) is 0 Å². The van der Waals surface area contributed by atoms with Crippen molar-refractivity contribution < 1.29 is 0 Å². The second-order valence-electron chi connectivity index (χ2n) is 4.30. The van der Waals surface area contributed by atoms with Crippen molar-refractivity contribution in [1.29, 1.82) is 0 Å². The molecule has 15 heavy (non-hydrogen) atoms. The number of hydrogen-bond donors (Lipinski definition) is 1. The van der Waals surface area contributed by atoms with Crippen molar-refractivity contribution in [3.05, 3.63) is 29.8 Å². The molecular weight excluding hydrogens is 184 g/mol. The van der Waals surface area contributed by atoms with Gasteiger partial charge in [0.05, 0.1) is 0 Å². The van der Waals surface area contributed by atoms with E-state index in [-0.39, 0.29) is 6.04 Å². The van der Waals surface area contributed by atoms with Gasteiger partial charge in [0.1, 0.15) is 0 Å². The summed E-state index contributed by atoms with van der Waals surface area (Å²) >= 11 is 0. The monoisotopic (exact) mass is 204 g/mol. The normalized spacial score (nSPS) is 18.1. The van der Waals surface area contributed by atoms with Crippen LogP contribution in [0.2, 0.25) is 0 Å². The summed E-state index contributed by atoms with van der Waals surface area (Å²) in [5.74, 6) is 0. The predicted octanol–water partition coefficient (Wildman–Crippen LogP) is 2.70. The number of rotatable bonds is 3. The van der Waals surface area contributed by atoms with Crippen LogP contribution in [0.25, 0.3) is 0 Å². The fourth-order valence-corrected chi connectivity index (χ4v) is 2.14. The first-order chi connectivity index (χ1) is 7.31. The Morgan fingerprint density at radius 1 is 1.20 bits per heavy atom. The van der Waals surface area contributed by atoms with Crippen LogP contribution in [0, 0.1) is 0 Å². The zero-order valence-electron chi connectivity index (χ0n) is 9.45. The first kappa shape index (κ1) is 10.5. The summed E-state index contributed by atoms with van der Waals surface area (Å²) in [6.07, 6.45) is 3.66. The third-order valence-corrected chi connectivity index (χ3v) is 3.23. The molecule has 1 atom stereocenters. The van der Waals surface area contributed by atoms with E-state index < -0.39 is 0 Å². The Kier molecular flexibility index (Phi) is 3.27. The van der Waals surface area contributed by atoms with Gasteiger partial charge in [-0.3, -0.25) is 0 Å². The molecule has 0 aliphatic carbocycles. The van der Waals surface area contributed by atoms with Crippen LogP contribution in [0.5, 0.6) is 0 Å². The molecule has 0 unspecified atom stereocenters. The molecule has 2 heteroatoms. The minimum atomic E-state index is 0.192. The van der Waals surface area contributed by atoms with Crippen molar-refractivity contribution in [2.24, 2.45) is 5.73 Å². The number of hydrogen-bond acceptors (Lipinski definition) is 2. The maximum Gasteiger partial charge on any atom is 0.0366 e. The average Bonchev–Trinajstić information content (AvgIpc) is 2.82. The van der Waals surface area contributed by atoms with Crippen molar-refractivity contribution >= 4 is 5.69 Å². The van der Waals surface area contributed by atoms with E-state index in [1.807, 2.05) is 0 Å². The number of nitrogens with two attached hydrogens (primary N) is 1. The third-order valence-electron chi connectivity index (χ3n) is 3.23. The number of nitrogens with zero attached hydrogens (tertiary/aromatic N) is 1. The van der Waals surface area contributed by atoms with Crippen LogP contribution in [0.15, 0.2) is 24.3 Å². The van der Waals surface area contributed by atoms with Crippen molar-refractivity contribution in [3.63, 3.8) is 0 Å². The molecule has 1 aliphatic rings. The van der Waals surface area contributed by atoms with Gasteiger partial charge in [0.25, 0.3) is 0 Å². The summed E-state index contributed by atoms with van der Waals surface area (Å²) in [7, 11) is 0. The number of benzene rings is 1. The molecule has 0 bridgehead atoms.